The van der Waals surface area contributed by atoms with Crippen molar-refractivity contribution in [1.29, 1.82) is 0 Å². The van der Waals surface area contributed by atoms with Crippen LogP contribution < -0.4 is 5.32 Å². The molecule has 5 nitrogen and oxygen atoms in total. The topological polar surface area (TPSA) is 62.3 Å². The molecule has 0 saturated carbocycles. The minimum atomic E-state index is -0.170. The molecule has 140 valence electrons. The van der Waals surface area contributed by atoms with E-state index in [1.165, 1.54) is 0 Å². The lowest BCUT2D eigenvalue weighted by molar-refractivity contribution is 0.0735. The van der Waals surface area contributed by atoms with Gasteiger partial charge in [0.25, 0.3) is 11.8 Å². The van der Waals surface area contributed by atoms with Gasteiger partial charge in [0.15, 0.2) is 0 Å². The Morgan fingerprint density at radius 2 is 1.71 bits per heavy atom. The summed E-state index contributed by atoms with van der Waals surface area (Å²) in [5.74, 6) is -0.164. The van der Waals surface area contributed by atoms with Crippen molar-refractivity contribution in [3.8, 4) is 0 Å². The maximum absolute atomic E-state index is 13.0. The highest BCUT2D eigenvalue weighted by atomic mass is 16.2. The second kappa shape index (κ2) is 8.05. The van der Waals surface area contributed by atoms with Gasteiger partial charge in [-0.05, 0) is 60.9 Å². The molecule has 5 heteroatoms. The maximum Gasteiger partial charge on any atom is 0.255 e. The monoisotopic (exact) mass is 371 g/mol. The van der Waals surface area contributed by atoms with Crippen molar-refractivity contribution in [3.05, 3.63) is 95.8 Å². The number of nitrogens with zero attached hydrogens (tertiary/aromatic N) is 2. The van der Waals surface area contributed by atoms with E-state index < -0.39 is 0 Å². The summed E-state index contributed by atoms with van der Waals surface area (Å²) in [6.45, 7) is 0.741. The van der Waals surface area contributed by atoms with Gasteiger partial charge < -0.3 is 10.2 Å². The summed E-state index contributed by atoms with van der Waals surface area (Å²) in [5, 5.41) is 2.86. The summed E-state index contributed by atoms with van der Waals surface area (Å²) in [6, 6.07) is 20.1. The molecule has 1 saturated heterocycles. The predicted octanol–water partition coefficient (Wildman–Crippen LogP) is 4.31. The second-order valence-electron chi connectivity index (χ2n) is 6.84. The zero-order chi connectivity index (χ0) is 19.3. The molecule has 1 N–H and O–H groups in total. The van der Waals surface area contributed by atoms with E-state index in [-0.39, 0.29) is 17.9 Å². The van der Waals surface area contributed by atoms with Crippen LogP contribution >= 0.6 is 0 Å². The molecule has 2 amide bonds. The van der Waals surface area contributed by atoms with Gasteiger partial charge in [0.2, 0.25) is 0 Å². The molecule has 1 unspecified atom stereocenters. The Morgan fingerprint density at radius 1 is 0.929 bits per heavy atom. The predicted molar refractivity (Wildman–Crippen MR) is 108 cm³/mol. The van der Waals surface area contributed by atoms with E-state index in [2.05, 4.69) is 10.3 Å². The van der Waals surface area contributed by atoms with Gasteiger partial charge in [-0.1, -0.05) is 24.3 Å². The fraction of sp³-hybridized carbons (Fsp3) is 0.174. The number of hydrogen-bond acceptors (Lipinski definition) is 3. The van der Waals surface area contributed by atoms with Crippen LogP contribution in [0.2, 0.25) is 0 Å². The first-order valence-corrected chi connectivity index (χ1v) is 9.40. The van der Waals surface area contributed by atoms with E-state index in [1.807, 2.05) is 41.4 Å². The van der Waals surface area contributed by atoms with Gasteiger partial charge in [-0.2, -0.15) is 0 Å². The van der Waals surface area contributed by atoms with Crippen LogP contribution in [0.4, 0.5) is 5.69 Å². The smallest absolute Gasteiger partial charge is 0.255 e. The molecule has 1 aliphatic heterocycles. The van der Waals surface area contributed by atoms with Crippen LogP contribution in [0.15, 0.2) is 79.1 Å². The number of nitrogens with one attached hydrogen (secondary N) is 1. The van der Waals surface area contributed by atoms with Crippen LogP contribution in [0.1, 0.15) is 45.2 Å². The largest absolute Gasteiger partial charge is 0.332 e. The van der Waals surface area contributed by atoms with Crippen LogP contribution in [-0.2, 0) is 0 Å². The molecule has 3 aromatic rings. The molecule has 0 aliphatic carbocycles. The van der Waals surface area contributed by atoms with E-state index in [4.69, 9.17) is 0 Å². The highest BCUT2D eigenvalue weighted by Crippen LogP contribution is 2.32. The number of pyridine rings is 1. The number of rotatable bonds is 4. The number of benzene rings is 2. The molecular formula is C23H21N3O2. The highest BCUT2D eigenvalue weighted by molar-refractivity contribution is 6.04. The Balaban J connectivity index is 1.46. The van der Waals surface area contributed by atoms with Crippen molar-refractivity contribution in [3.63, 3.8) is 0 Å². The number of carbonyl (C=O) groups excluding carboxylic acids is 2. The van der Waals surface area contributed by atoms with Crippen LogP contribution in [0.25, 0.3) is 0 Å². The van der Waals surface area contributed by atoms with E-state index >= 15 is 0 Å². The molecule has 2 heterocycles. The summed E-state index contributed by atoms with van der Waals surface area (Å²) in [4.78, 5) is 31.3. The average molecular weight is 371 g/mol. The minimum absolute atomic E-state index is 0.00675. The van der Waals surface area contributed by atoms with Gasteiger partial charge in [-0.3, -0.25) is 14.6 Å². The summed E-state index contributed by atoms with van der Waals surface area (Å²) in [7, 11) is 0. The van der Waals surface area contributed by atoms with Crippen molar-refractivity contribution >= 4 is 17.5 Å². The number of anilines is 1. The number of amides is 2. The lowest BCUT2D eigenvalue weighted by atomic mass is 10.1. The summed E-state index contributed by atoms with van der Waals surface area (Å²) < 4.78 is 0. The van der Waals surface area contributed by atoms with Gasteiger partial charge in [0.1, 0.15) is 0 Å². The molecule has 1 aromatic heterocycles. The van der Waals surface area contributed by atoms with Crippen LogP contribution in [0.3, 0.4) is 0 Å². The van der Waals surface area contributed by atoms with Crippen molar-refractivity contribution in [1.82, 2.24) is 9.88 Å². The molecule has 0 spiro atoms. The summed E-state index contributed by atoms with van der Waals surface area (Å²) in [6.07, 6.45) is 5.50. The van der Waals surface area contributed by atoms with E-state index in [0.717, 1.165) is 24.9 Å². The van der Waals surface area contributed by atoms with Crippen molar-refractivity contribution in [2.45, 2.75) is 18.9 Å². The molecule has 2 aromatic carbocycles. The zero-order valence-corrected chi connectivity index (χ0v) is 15.4. The molecule has 1 fully saturated rings. The third-order valence-corrected chi connectivity index (χ3v) is 5.01. The van der Waals surface area contributed by atoms with E-state index in [9.17, 15) is 9.59 Å². The third-order valence-electron chi connectivity index (χ3n) is 5.01. The summed E-state index contributed by atoms with van der Waals surface area (Å²) >= 11 is 0. The van der Waals surface area contributed by atoms with Gasteiger partial charge in [-0.15, -0.1) is 0 Å². The van der Waals surface area contributed by atoms with Gasteiger partial charge in [0.05, 0.1) is 6.04 Å². The normalized spacial score (nSPS) is 16.0. The minimum Gasteiger partial charge on any atom is -0.332 e. The number of likely N-dealkylation sites (tertiary alicyclic amines) is 1. The van der Waals surface area contributed by atoms with Crippen LogP contribution in [0, 0.1) is 0 Å². The lowest BCUT2D eigenvalue weighted by Gasteiger charge is -2.25. The quantitative estimate of drug-likeness (QED) is 0.743. The Hall–Kier alpha value is -3.47. The molecule has 0 radical (unpaired) electrons. The Morgan fingerprint density at radius 3 is 2.43 bits per heavy atom. The number of carbonyl (C=O) groups is 2. The van der Waals surface area contributed by atoms with E-state index in [1.54, 1.807) is 42.6 Å². The Labute approximate surface area is 164 Å². The second-order valence-corrected chi connectivity index (χ2v) is 6.84. The third kappa shape index (κ3) is 3.78. The SMILES string of the molecule is O=C(Nc1ccc(C(=O)N2CCCC2c2cccnc2)cc1)c1ccccc1. The Bertz CT molecular complexity index is 956. The van der Waals surface area contributed by atoms with Crippen LogP contribution in [-0.4, -0.2) is 28.2 Å². The molecular weight excluding hydrogens is 350 g/mol. The van der Waals surface area contributed by atoms with Gasteiger partial charge >= 0.3 is 0 Å². The zero-order valence-electron chi connectivity index (χ0n) is 15.4. The average Bonchev–Trinajstić information content (AvgIpc) is 3.25. The van der Waals surface area contributed by atoms with Crippen molar-refractivity contribution in [2.24, 2.45) is 0 Å². The van der Waals surface area contributed by atoms with Crippen molar-refractivity contribution < 1.29 is 9.59 Å². The standard InChI is InChI=1S/C23H21N3O2/c27-22(17-6-2-1-3-7-17)25-20-12-10-18(11-13-20)23(28)26-15-5-9-21(26)19-8-4-14-24-16-19/h1-4,6-8,10-14,16,21H,5,9,15H2,(H,25,27). The molecule has 4 rings (SSSR count). The fourth-order valence-electron chi connectivity index (χ4n) is 3.58. The molecule has 0 bridgehead atoms. The number of hydrogen-bond donors (Lipinski definition) is 1. The number of aromatic nitrogens is 1. The first-order valence-electron chi connectivity index (χ1n) is 9.40. The fourth-order valence-corrected chi connectivity index (χ4v) is 3.58. The molecule has 1 aliphatic rings. The molecule has 28 heavy (non-hydrogen) atoms. The maximum atomic E-state index is 13.0. The highest BCUT2D eigenvalue weighted by Gasteiger charge is 2.30. The van der Waals surface area contributed by atoms with Gasteiger partial charge in [-0.25, -0.2) is 0 Å². The first kappa shape index (κ1) is 17.9. The Kier molecular flexibility index (Phi) is 5.15. The van der Waals surface area contributed by atoms with Crippen molar-refractivity contribution in [2.75, 3.05) is 11.9 Å². The van der Waals surface area contributed by atoms with Gasteiger partial charge in [0, 0.05) is 35.8 Å². The molecule has 1 atom stereocenters. The van der Waals surface area contributed by atoms with E-state index in [0.29, 0.717) is 16.8 Å². The first-order chi connectivity index (χ1) is 13.7. The summed E-state index contributed by atoms with van der Waals surface area (Å²) in [5.41, 5.74) is 2.95. The lowest BCUT2D eigenvalue weighted by Crippen LogP contribution is -2.30. The van der Waals surface area contributed by atoms with Crippen LogP contribution in [0.5, 0.6) is 0 Å².